The van der Waals surface area contributed by atoms with Gasteiger partial charge in [-0.3, -0.25) is 0 Å². The van der Waals surface area contributed by atoms with Gasteiger partial charge in [0.2, 0.25) is 0 Å². The first-order valence-corrected chi connectivity index (χ1v) is 6.66. The van der Waals surface area contributed by atoms with Crippen LogP contribution in [0, 0.1) is 12.8 Å². The zero-order valence-corrected chi connectivity index (χ0v) is 15.0. The van der Waals surface area contributed by atoms with Gasteiger partial charge in [0.25, 0.3) is 0 Å². The molecule has 0 N–H and O–H groups in total. The van der Waals surface area contributed by atoms with E-state index in [1.54, 1.807) is 0 Å². The monoisotopic (exact) mass is 377 g/mol. The molecule has 1 unspecified atom stereocenters. The largest absolute Gasteiger partial charge is 1.00 e. The summed E-state index contributed by atoms with van der Waals surface area (Å²) in [5.74, 6) is 0.492. The quantitative estimate of drug-likeness (QED) is 0.311. The molecule has 0 spiro atoms. The standard InChI is InChI=1S/C15H24NS.HI/c1-6-13(11-16(3,4)5)15(17)14-10-8-7-9-12(14)2;/h7-10,13H,6,11H2,1-5H3;1H/q+1;/p-1. The molecule has 0 radical (unpaired) electrons. The average molecular weight is 377 g/mol. The van der Waals surface area contributed by atoms with E-state index in [9.17, 15) is 0 Å². The van der Waals surface area contributed by atoms with E-state index in [1.807, 2.05) is 0 Å². The SMILES string of the molecule is CCC(C[N+](C)(C)C)C(=S)c1ccccc1C.[I-]. The van der Waals surface area contributed by atoms with Crippen LogP contribution in [0.3, 0.4) is 0 Å². The van der Waals surface area contributed by atoms with Crippen molar-refractivity contribution in [1.82, 2.24) is 0 Å². The third kappa shape index (κ3) is 5.33. The molecule has 0 aliphatic rings. The number of aryl methyl sites for hydroxylation is 1. The summed E-state index contributed by atoms with van der Waals surface area (Å²) in [7, 11) is 6.68. The lowest BCUT2D eigenvalue weighted by molar-refractivity contribution is -0.872. The van der Waals surface area contributed by atoms with Crippen molar-refractivity contribution >= 4 is 17.1 Å². The second-order valence-electron chi connectivity index (χ2n) is 5.76. The van der Waals surface area contributed by atoms with Crippen LogP contribution in [0.2, 0.25) is 0 Å². The van der Waals surface area contributed by atoms with Gasteiger partial charge in [0.15, 0.2) is 0 Å². The predicted octanol–water partition coefficient (Wildman–Crippen LogP) is 0.449. The van der Waals surface area contributed by atoms with Gasteiger partial charge in [-0.25, -0.2) is 0 Å². The number of thiocarbonyl (C=S) groups is 1. The maximum Gasteiger partial charge on any atom is 0.0858 e. The molecule has 3 heteroatoms. The van der Waals surface area contributed by atoms with Gasteiger partial charge in [0.1, 0.15) is 0 Å². The van der Waals surface area contributed by atoms with Crippen molar-refractivity contribution in [1.29, 1.82) is 0 Å². The van der Waals surface area contributed by atoms with E-state index in [0.717, 1.165) is 22.3 Å². The highest BCUT2D eigenvalue weighted by atomic mass is 127. The zero-order valence-electron chi connectivity index (χ0n) is 12.0. The molecule has 0 saturated heterocycles. The maximum atomic E-state index is 5.69. The van der Waals surface area contributed by atoms with Crippen molar-refractivity contribution in [2.45, 2.75) is 20.3 Å². The Morgan fingerprint density at radius 2 is 1.78 bits per heavy atom. The molecule has 1 rings (SSSR count). The number of hydrogen-bond acceptors (Lipinski definition) is 1. The second kappa shape index (κ2) is 7.56. The first kappa shape index (κ1) is 18.0. The molecular weight excluding hydrogens is 353 g/mol. The first-order valence-electron chi connectivity index (χ1n) is 6.25. The Hall–Kier alpha value is -0.000000000000000111. The van der Waals surface area contributed by atoms with Crippen molar-refractivity contribution in [2.24, 2.45) is 5.92 Å². The minimum absolute atomic E-state index is 0. The molecule has 0 heterocycles. The van der Waals surface area contributed by atoms with Crippen molar-refractivity contribution in [3.63, 3.8) is 0 Å². The van der Waals surface area contributed by atoms with Gasteiger partial charge in [-0.2, -0.15) is 0 Å². The lowest BCUT2D eigenvalue weighted by Crippen LogP contribution is -3.00. The summed E-state index contributed by atoms with van der Waals surface area (Å²) < 4.78 is 0.963. The Balaban J connectivity index is 0.00000289. The van der Waals surface area contributed by atoms with Gasteiger partial charge in [0.05, 0.1) is 27.7 Å². The lowest BCUT2D eigenvalue weighted by Gasteiger charge is -2.29. The number of nitrogens with zero attached hydrogens (tertiary/aromatic N) is 1. The van der Waals surface area contributed by atoms with Gasteiger partial charge in [-0.05, 0) is 24.5 Å². The molecule has 0 bridgehead atoms. The van der Waals surface area contributed by atoms with Crippen molar-refractivity contribution in [2.75, 3.05) is 27.7 Å². The average Bonchev–Trinajstić information content (AvgIpc) is 2.24. The highest BCUT2D eigenvalue weighted by Gasteiger charge is 2.22. The predicted molar refractivity (Wildman–Crippen MR) is 79.6 cm³/mol. The van der Waals surface area contributed by atoms with E-state index in [4.69, 9.17) is 12.2 Å². The van der Waals surface area contributed by atoms with Crippen LogP contribution in [0.25, 0.3) is 0 Å². The Morgan fingerprint density at radius 3 is 2.22 bits per heavy atom. The van der Waals surface area contributed by atoms with Gasteiger partial charge in [0, 0.05) is 10.8 Å². The number of benzene rings is 1. The Morgan fingerprint density at radius 1 is 1.22 bits per heavy atom. The molecule has 1 aromatic carbocycles. The van der Waals surface area contributed by atoms with E-state index < -0.39 is 0 Å². The summed E-state index contributed by atoms with van der Waals surface area (Å²) in [6, 6.07) is 8.44. The van der Waals surface area contributed by atoms with Gasteiger partial charge in [-0.15, -0.1) is 0 Å². The van der Waals surface area contributed by atoms with Crippen LogP contribution in [0.15, 0.2) is 24.3 Å². The molecule has 0 saturated carbocycles. The second-order valence-corrected chi connectivity index (χ2v) is 6.20. The number of quaternary nitrogens is 1. The fraction of sp³-hybridized carbons (Fsp3) is 0.533. The Bertz CT molecular complexity index is 396. The Kier molecular flexibility index (Phi) is 7.56. The number of rotatable bonds is 5. The number of hydrogen-bond donors (Lipinski definition) is 0. The molecule has 1 atom stereocenters. The normalized spacial score (nSPS) is 12.7. The van der Waals surface area contributed by atoms with Crippen LogP contribution in [0.5, 0.6) is 0 Å². The molecule has 0 aliphatic carbocycles. The molecule has 0 aliphatic heterocycles. The maximum absolute atomic E-state index is 5.69. The topological polar surface area (TPSA) is 0 Å². The van der Waals surface area contributed by atoms with E-state index in [0.29, 0.717) is 5.92 Å². The van der Waals surface area contributed by atoms with E-state index in [1.165, 1.54) is 11.1 Å². The summed E-state index contributed by atoms with van der Waals surface area (Å²) in [5.41, 5.74) is 2.54. The zero-order chi connectivity index (χ0) is 13.1. The fourth-order valence-electron chi connectivity index (χ4n) is 2.13. The minimum Gasteiger partial charge on any atom is -1.00 e. The summed E-state index contributed by atoms with van der Waals surface area (Å²) >= 11 is 5.69. The van der Waals surface area contributed by atoms with Crippen LogP contribution < -0.4 is 24.0 Å². The van der Waals surface area contributed by atoms with Crippen LogP contribution in [0.1, 0.15) is 24.5 Å². The molecular formula is C15H24INS. The van der Waals surface area contributed by atoms with Crippen LogP contribution in [0.4, 0.5) is 0 Å². The molecule has 0 fully saturated rings. The van der Waals surface area contributed by atoms with Crippen molar-refractivity contribution in [3.05, 3.63) is 35.4 Å². The van der Waals surface area contributed by atoms with Gasteiger partial charge < -0.3 is 28.5 Å². The van der Waals surface area contributed by atoms with Crippen molar-refractivity contribution in [3.8, 4) is 0 Å². The molecule has 0 aromatic heterocycles. The summed E-state index contributed by atoms with van der Waals surface area (Å²) in [6.45, 7) is 5.47. The fourth-order valence-corrected chi connectivity index (χ4v) is 2.60. The van der Waals surface area contributed by atoms with E-state index >= 15 is 0 Å². The lowest BCUT2D eigenvalue weighted by atomic mass is 9.93. The third-order valence-corrected chi connectivity index (χ3v) is 3.60. The van der Waals surface area contributed by atoms with E-state index in [-0.39, 0.29) is 24.0 Å². The summed E-state index contributed by atoms with van der Waals surface area (Å²) in [5, 5.41) is 0. The van der Waals surface area contributed by atoms with Crippen LogP contribution >= 0.6 is 12.2 Å². The third-order valence-electron chi connectivity index (χ3n) is 3.04. The highest BCUT2D eigenvalue weighted by molar-refractivity contribution is 7.80. The molecule has 18 heavy (non-hydrogen) atoms. The van der Waals surface area contributed by atoms with Crippen LogP contribution in [-0.2, 0) is 0 Å². The molecule has 102 valence electrons. The number of halogens is 1. The minimum atomic E-state index is 0. The summed E-state index contributed by atoms with van der Waals surface area (Å²) in [4.78, 5) is 1.12. The Labute approximate surface area is 134 Å². The smallest absolute Gasteiger partial charge is 0.0858 e. The molecule has 1 aromatic rings. The summed E-state index contributed by atoms with van der Waals surface area (Å²) in [6.07, 6.45) is 1.11. The highest BCUT2D eigenvalue weighted by Crippen LogP contribution is 2.19. The first-order chi connectivity index (χ1) is 7.85. The van der Waals surface area contributed by atoms with Gasteiger partial charge >= 0.3 is 0 Å². The molecule has 0 amide bonds. The molecule has 1 nitrogen and oxygen atoms in total. The van der Waals surface area contributed by atoms with E-state index in [2.05, 4.69) is 59.3 Å². The van der Waals surface area contributed by atoms with Gasteiger partial charge in [-0.1, -0.05) is 43.4 Å². The van der Waals surface area contributed by atoms with Crippen molar-refractivity contribution < 1.29 is 28.5 Å². The van der Waals surface area contributed by atoms with Crippen LogP contribution in [-0.4, -0.2) is 37.0 Å².